The van der Waals surface area contributed by atoms with E-state index < -0.39 is 11.5 Å². The van der Waals surface area contributed by atoms with Crippen molar-refractivity contribution in [2.24, 2.45) is 0 Å². The lowest BCUT2D eigenvalue weighted by atomic mass is 9.69. The molecule has 4 heterocycles. The van der Waals surface area contributed by atoms with E-state index in [9.17, 15) is 4.79 Å². The molecule has 1 amide bonds. The van der Waals surface area contributed by atoms with Crippen LogP contribution >= 0.6 is 0 Å². The largest absolute Gasteiger partial charge is 0.377 e. The van der Waals surface area contributed by atoms with Gasteiger partial charge in [0.1, 0.15) is 0 Å². The van der Waals surface area contributed by atoms with Crippen molar-refractivity contribution < 1.29 is 23.7 Å². The average Bonchev–Trinajstić information content (AvgIpc) is 3.16. The van der Waals surface area contributed by atoms with E-state index in [-0.39, 0.29) is 12.0 Å². The van der Waals surface area contributed by atoms with E-state index in [0.29, 0.717) is 26.2 Å². The predicted octanol–water partition coefficient (Wildman–Crippen LogP) is 1.29. The molecule has 0 aromatic carbocycles. The number of amides is 1. The molecule has 0 bridgehead atoms. The van der Waals surface area contributed by atoms with Gasteiger partial charge in [0.2, 0.25) is 5.91 Å². The maximum atomic E-state index is 12.6. The molecule has 1 fully saturated rings. The molecular formula is C18H21NO5. The average molecular weight is 331 g/mol. The van der Waals surface area contributed by atoms with Crippen LogP contribution in [0.25, 0.3) is 0 Å². The number of carbonyl (C=O) groups excluding carboxylic acids is 1. The third-order valence-electron chi connectivity index (χ3n) is 5.92. The van der Waals surface area contributed by atoms with E-state index in [0.717, 1.165) is 25.0 Å². The van der Waals surface area contributed by atoms with Gasteiger partial charge in [-0.05, 0) is 23.1 Å². The second kappa shape index (κ2) is 5.02. The Morgan fingerprint density at radius 1 is 1.29 bits per heavy atom. The topological polar surface area (TPSA) is 57.2 Å². The third-order valence-corrected chi connectivity index (χ3v) is 5.92. The minimum absolute atomic E-state index is 0.00777. The summed E-state index contributed by atoms with van der Waals surface area (Å²) < 4.78 is 23.1. The fourth-order valence-corrected chi connectivity index (χ4v) is 4.79. The van der Waals surface area contributed by atoms with E-state index >= 15 is 0 Å². The Morgan fingerprint density at radius 3 is 2.92 bits per heavy atom. The van der Waals surface area contributed by atoms with E-state index in [1.807, 2.05) is 17.1 Å². The minimum atomic E-state index is -0.975. The van der Waals surface area contributed by atoms with Crippen molar-refractivity contribution in [3.05, 3.63) is 34.9 Å². The second-order valence-corrected chi connectivity index (χ2v) is 6.96. The van der Waals surface area contributed by atoms with Crippen LogP contribution in [0, 0.1) is 0 Å². The molecule has 5 rings (SSSR count). The fourth-order valence-electron chi connectivity index (χ4n) is 4.79. The van der Waals surface area contributed by atoms with Crippen LogP contribution in [-0.4, -0.2) is 61.9 Å². The van der Waals surface area contributed by atoms with Gasteiger partial charge in [-0.1, -0.05) is 12.2 Å². The summed E-state index contributed by atoms with van der Waals surface area (Å²) in [6.07, 6.45) is 7.99. The van der Waals surface area contributed by atoms with Gasteiger partial charge in [0, 0.05) is 26.2 Å². The normalized spacial score (nSPS) is 36.7. The van der Waals surface area contributed by atoms with Crippen LogP contribution in [0.5, 0.6) is 0 Å². The molecule has 0 N–H and O–H groups in total. The smallest absolute Gasteiger partial charge is 0.287 e. The molecule has 1 aliphatic carbocycles. The first-order valence-electron chi connectivity index (χ1n) is 8.55. The Labute approximate surface area is 140 Å². The maximum absolute atomic E-state index is 12.6. The number of hydrogen-bond donors (Lipinski definition) is 0. The Balaban J connectivity index is 1.63. The molecule has 0 aromatic rings. The molecule has 1 saturated heterocycles. The molecule has 6 heteroatoms. The summed E-state index contributed by atoms with van der Waals surface area (Å²) in [4.78, 5) is 14.6. The van der Waals surface area contributed by atoms with Crippen LogP contribution in [0.2, 0.25) is 0 Å². The lowest BCUT2D eigenvalue weighted by Crippen LogP contribution is -2.58. The van der Waals surface area contributed by atoms with E-state index in [2.05, 4.69) is 0 Å². The van der Waals surface area contributed by atoms with Gasteiger partial charge >= 0.3 is 0 Å². The molecule has 0 unspecified atom stereocenters. The van der Waals surface area contributed by atoms with Crippen molar-refractivity contribution in [1.82, 2.24) is 4.90 Å². The van der Waals surface area contributed by atoms with Gasteiger partial charge in [0.25, 0.3) is 5.97 Å². The van der Waals surface area contributed by atoms with Crippen LogP contribution in [0.15, 0.2) is 34.9 Å². The predicted molar refractivity (Wildman–Crippen MR) is 83.9 cm³/mol. The molecule has 0 aromatic heterocycles. The summed E-state index contributed by atoms with van der Waals surface area (Å²) in [5, 5.41) is 0. The highest BCUT2D eigenvalue weighted by Gasteiger charge is 2.58. The zero-order chi connectivity index (χ0) is 16.4. The summed E-state index contributed by atoms with van der Waals surface area (Å²) in [5.74, 6) is -0.886. The van der Waals surface area contributed by atoms with E-state index in [4.69, 9.17) is 18.9 Å². The number of nitrogens with zero attached hydrogens (tertiary/aromatic N) is 1. The van der Waals surface area contributed by atoms with Crippen molar-refractivity contribution >= 4 is 5.91 Å². The molecule has 6 nitrogen and oxygen atoms in total. The van der Waals surface area contributed by atoms with Crippen molar-refractivity contribution in [3.8, 4) is 0 Å². The molecule has 5 aliphatic rings. The maximum Gasteiger partial charge on any atom is 0.287 e. The van der Waals surface area contributed by atoms with Crippen LogP contribution in [0.3, 0.4) is 0 Å². The van der Waals surface area contributed by atoms with E-state index in [1.54, 1.807) is 13.2 Å². The molecule has 2 spiro atoms. The first-order chi connectivity index (χ1) is 11.7. The van der Waals surface area contributed by atoms with Crippen molar-refractivity contribution in [2.45, 2.75) is 36.9 Å². The second-order valence-electron chi connectivity index (χ2n) is 6.96. The lowest BCUT2D eigenvalue weighted by Gasteiger charge is -2.52. The number of methoxy groups -OCH3 is 1. The van der Waals surface area contributed by atoms with Crippen molar-refractivity contribution in [3.63, 3.8) is 0 Å². The SMILES string of the molecule is CO[C@H]1C=CC2=CC(=O)N3CCC4=C(CC5(OCCO5)OC4)[C@]23C1. The van der Waals surface area contributed by atoms with Gasteiger partial charge in [0.05, 0.1) is 37.9 Å². The molecule has 128 valence electrons. The Kier molecular flexibility index (Phi) is 3.10. The summed E-state index contributed by atoms with van der Waals surface area (Å²) >= 11 is 0. The van der Waals surface area contributed by atoms with Crippen LogP contribution in [0.4, 0.5) is 0 Å². The van der Waals surface area contributed by atoms with E-state index in [1.165, 1.54) is 11.1 Å². The molecular weight excluding hydrogens is 310 g/mol. The van der Waals surface area contributed by atoms with Crippen LogP contribution in [-0.2, 0) is 23.7 Å². The lowest BCUT2D eigenvalue weighted by molar-refractivity contribution is -0.333. The molecule has 0 saturated carbocycles. The summed E-state index contributed by atoms with van der Waals surface area (Å²) in [6.45, 7) is 2.32. The van der Waals surface area contributed by atoms with Gasteiger partial charge in [-0.2, -0.15) is 0 Å². The zero-order valence-corrected chi connectivity index (χ0v) is 13.7. The van der Waals surface area contributed by atoms with Gasteiger partial charge in [-0.25, -0.2) is 0 Å². The quantitative estimate of drug-likeness (QED) is 0.678. The molecule has 2 atom stereocenters. The molecule has 4 aliphatic heterocycles. The summed E-state index contributed by atoms with van der Waals surface area (Å²) in [7, 11) is 1.72. The monoisotopic (exact) mass is 331 g/mol. The van der Waals surface area contributed by atoms with Gasteiger partial charge < -0.3 is 23.8 Å². The fraction of sp³-hybridized carbons (Fsp3) is 0.611. The minimum Gasteiger partial charge on any atom is -0.377 e. The highest BCUT2D eigenvalue weighted by Crippen LogP contribution is 2.53. The van der Waals surface area contributed by atoms with Gasteiger partial charge in [0.15, 0.2) is 0 Å². The Hall–Kier alpha value is -1.47. The Morgan fingerprint density at radius 2 is 2.12 bits per heavy atom. The Bertz CT molecular complexity index is 688. The highest BCUT2D eigenvalue weighted by atomic mass is 16.9. The van der Waals surface area contributed by atoms with Gasteiger partial charge in [-0.15, -0.1) is 0 Å². The molecule has 24 heavy (non-hydrogen) atoms. The van der Waals surface area contributed by atoms with Crippen molar-refractivity contribution in [2.75, 3.05) is 33.5 Å². The van der Waals surface area contributed by atoms with Crippen LogP contribution < -0.4 is 0 Å². The number of carbonyl (C=O) groups is 1. The zero-order valence-electron chi connectivity index (χ0n) is 13.7. The first kappa shape index (κ1) is 14.8. The number of hydrogen-bond acceptors (Lipinski definition) is 5. The van der Waals surface area contributed by atoms with Gasteiger partial charge in [-0.3, -0.25) is 4.79 Å². The third kappa shape index (κ3) is 1.82. The number of rotatable bonds is 1. The number of ether oxygens (including phenoxy) is 4. The summed E-state index contributed by atoms with van der Waals surface area (Å²) in [5.41, 5.74) is 3.14. The standard InChI is InChI=1S/C18H21NO5/c1-21-14-3-2-13-8-16(20)19-5-4-12-11-24-18(22-6-7-23-18)10-15(12)17(13,19)9-14/h2-3,8,14H,4-7,9-11H2,1H3/t14-,17-/m0/s1. The highest BCUT2D eigenvalue weighted by molar-refractivity contribution is 5.95. The molecule has 0 radical (unpaired) electrons. The van der Waals surface area contributed by atoms with Crippen molar-refractivity contribution in [1.29, 1.82) is 0 Å². The van der Waals surface area contributed by atoms with Crippen LogP contribution in [0.1, 0.15) is 19.3 Å². The first-order valence-corrected chi connectivity index (χ1v) is 8.55. The summed E-state index contributed by atoms with van der Waals surface area (Å²) in [6, 6.07) is 0.